The second-order valence-electron chi connectivity index (χ2n) is 4.01. The highest BCUT2D eigenvalue weighted by atomic mass is 35.5. The van der Waals surface area contributed by atoms with Gasteiger partial charge in [0, 0.05) is 11.6 Å². The van der Waals surface area contributed by atoms with Gasteiger partial charge in [-0.1, -0.05) is 30.7 Å². The maximum Gasteiger partial charge on any atom is 0.235 e. The number of nitrogens with one attached hydrogen (secondary N) is 1. The van der Waals surface area contributed by atoms with Gasteiger partial charge in [0.1, 0.15) is 5.75 Å². The molecule has 1 aromatic rings. The molecular weight excluding hydrogens is 274 g/mol. The molecule has 0 radical (unpaired) electrons. The van der Waals surface area contributed by atoms with Crippen molar-refractivity contribution >= 4 is 27.3 Å². The van der Waals surface area contributed by atoms with Crippen LogP contribution in [0.2, 0.25) is 5.02 Å². The van der Waals surface area contributed by atoms with Crippen molar-refractivity contribution < 1.29 is 13.2 Å². The minimum absolute atomic E-state index is 0.174. The molecule has 0 saturated carbocycles. The first-order valence-electron chi connectivity index (χ1n) is 5.64. The number of halogens is 1. The van der Waals surface area contributed by atoms with Gasteiger partial charge in [0.2, 0.25) is 5.91 Å². The summed E-state index contributed by atoms with van der Waals surface area (Å²) in [4.78, 5) is 11.4. The Labute approximate surface area is 112 Å². The van der Waals surface area contributed by atoms with Gasteiger partial charge in [-0.25, -0.2) is 8.42 Å². The van der Waals surface area contributed by atoms with E-state index >= 15 is 0 Å². The standard InChI is InChI=1S/C12H16ClNO3S/c1-2-6-14-12(15)9-18(16,17)8-10-4-3-5-11(13)7-10/h3-5,7H,2,6,8-9H2,1H3,(H,14,15). The van der Waals surface area contributed by atoms with E-state index < -0.39 is 21.5 Å². The van der Waals surface area contributed by atoms with Crippen LogP contribution in [0.5, 0.6) is 0 Å². The number of carbonyl (C=O) groups is 1. The summed E-state index contributed by atoms with van der Waals surface area (Å²) < 4.78 is 23.6. The molecule has 0 bridgehead atoms. The highest BCUT2D eigenvalue weighted by Gasteiger charge is 2.17. The molecular formula is C12H16ClNO3S. The Morgan fingerprint density at radius 1 is 1.39 bits per heavy atom. The molecule has 0 atom stereocenters. The molecule has 0 aliphatic carbocycles. The Morgan fingerprint density at radius 3 is 2.72 bits per heavy atom. The van der Waals surface area contributed by atoms with Gasteiger partial charge >= 0.3 is 0 Å². The van der Waals surface area contributed by atoms with Crippen LogP contribution >= 0.6 is 11.6 Å². The van der Waals surface area contributed by atoms with E-state index in [0.717, 1.165) is 6.42 Å². The summed E-state index contributed by atoms with van der Waals surface area (Å²) in [5.41, 5.74) is 0.589. The average molecular weight is 290 g/mol. The van der Waals surface area contributed by atoms with Gasteiger partial charge in [-0.05, 0) is 24.1 Å². The minimum atomic E-state index is -3.45. The van der Waals surface area contributed by atoms with E-state index in [1.807, 2.05) is 6.92 Å². The lowest BCUT2D eigenvalue weighted by atomic mass is 10.2. The summed E-state index contributed by atoms with van der Waals surface area (Å²) in [5, 5.41) is 3.03. The first kappa shape index (κ1) is 15.0. The van der Waals surface area contributed by atoms with E-state index in [2.05, 4.69) is 5.32 Å². The predicted octanol–water partition coefficient (Wildman–Crippen LogP) is 1.78. The van der Waals surface area contributed by atoms with Crippen molar-refractivity contribution in [2.24, 2.45) is 0 Å². The summed E-state index contributed by atoms with van der Waals surface area (Å²) in [5.74, 6) is -1.12. The predicted molar refractivity (Wildman–Crippen MR) is 72.2 cm³/mol. The van der Waals surface area contributed by atoms with Crippen LogP contribution in [0.25, 0.3) is 0 Å². The Kier molecular flexibility index (Phi) is 5.62. The lowest BCUT2D eigenvalue weighted by Crippen LogP contribution is -2.31. The third kappa shape index (κ3) is 5.51. The Bertz CT molecular complexity index is 514. The zero-order chi connectivity index (χ0) is 13.6. The molecule has 1 rings (SSSR count). The summed E-state index contributed by atoms with van der Waals surface area (Å²) in [6, 6.07) is 6.62. The van der Waals surface area contributed by atoms with E-state index in [1.165, 1.54) is 0 Å². The second kappa shape index (κ2) is 6.75. The number of hydrogen-bond donors (Lipinski definition) is 1. The molecule has 0 aliphatic heterocycles. The molecule has 6 heteroatoms. The molecule has 100 valence electrons. The van der Waals surface area contributed by atoms with Crippen molar-refractivity contribution in [2.75, 3.05) is 12.3 Å². The summed E-state index contributed by atoms with van der Waals surface area (Å²) in [7, 11) is -3.45. The van der Waals surface area contributed by atoms with Gasteiger partial charge in [0.25, 0.3) is 0 Å². The largest absolute Gasteiger partial charge is 0.355 e. The van der Waals surface area contributed by atoms with Crippen LogP contribution in [-0.2, 0) is 20.4 Å². The van der Waals surface area contributed by atoms with Crippen molar-refractivity contribution in [3.8, 4) is 0 Å². The zero-order valence-electron chi connectivity index (χ0n) is 10.1. The lowest BCUT2D eigenvalue weighted by Gasteiger charge is -2.05. The van der Waals surface area contributed by atoms with Gasteiger partial charge in [-0.3, -0.25) is 4.79 Å². The first-order chi connectivity index (χ1) is 8.43. The van der Waals surface area contributed by atoms with Crippen molar-refractivity contribution in [3.63, 3.8) is 0 Å². The lowest BCUT2D eigenvalue weighted by molar-refractivity contribution is -0.118. The van der Waals surface area contributed by atoms with Crippen LogP contribution in [0.1, 0.15) is 18.9 Å². The zero-order valence-corrected chi connectivity index (χ0v) is 11.7. The van der Waals surface area contributed by atoms with Crippen molar-refractivity contribution in [1.82, 2.24) is 5.32 Å². The fourth-order valence-electron chi connectivity index (χ4n) is 1.45. The number of hydrogen-bond acceptors (Lipinski definition) is 3. The fraction of sp³-hybridized carbons (Fsp3) is 0.417. The van der Waals surface area contributed by atoms with Crippen LogP contribution in [0.15, 0.2) is 24.3 Å². The molecule has 0 heterocycles. The van der Waals surface area contributed by atoms with Gasteiger partial charge in [-0.15, -0.1) is 0 Å². The topological polar surface area (TPSA) is 63.2 Å². The first-order valence-corrected chi connectivity index (χ1v) is 7.84. The molecule has 0 aromatic heterocycles. The molecule has 1 amide bonds. The van der Waals surface area contributed by atoms with Crippen LogP contribution in [0.3, 0.4) is 0 Å². The smallest absolute Gasteiger partial charge is 0.235 e. The molecule has 0 unspecified atom stereocenters. The monoisotopic (exact) mass is 289 g/mol. The van der Waals surface area contributed by atoms with Gasteiger partial charge in [-0.2, -0.15) is 0 Å². The van der Waals surface area contributed by atoms with E-state index in [4.69, 9.17) is 11.6 Å². The van der Waals surface area contributed by atoms with E-state index in [0.29, 0.717) is 17.1 Å². The number of carbonyl (C=O) groups excluding carboxylic acids is 1. The maximum atomic E-state index is 11.8. The number of benzene rings is 1. The van der Waals surface area contributed by atoms with Crippen LogP contribution in [-0.4, -0.2) is 26.6 Å². The Hall–Kier alpha value is -1.07. The molecule has 0 fully saturated rings. The molecule has 0 spiro atoms. The number of sulfone groups is 1. The normalized spacial score (nSPS) is 11.2. The van der Waals surface area contributed by atoms with Crippen molar-refractivity contribution in [1.29, 1.82) is 0 Å². The van der Waals surface area contributed by atoms with Gasteiger partial charge < -0.3 is 5.32 Å². The highest BCUT2D eigenvalue weighted by Crippen LogP contribution is 2.13. The van der Waals surface area contributed by atoms with Crippen LogP contribution in [0, 0.1) is 0 Å². The maximum absolute atomic E-state index is 11.8. The van der Waals surface area contributed by atoms with Crippen LogP contribution in [0.4, 0.5) is 0 Å². The average Bonchev–Trinajstić information content (AvgIpc) is 2.24. The molecule has 0 saturated heterocycles. The highest BCUT2D eigenvalue weighted by molar-refractivity contribution is 7.91. The SMILES string of the molecule is CCCNC(=O)CS(=O)(=O)Cc1cccc(Cl)c1. The minimum Gasteiger partial charge on any atom is -0.355 e. The fourth-order valence-corrected chi connectivity index (χ4v) is 2.95. The Morgan fingerprint density at radius 2 is 2.11 bits per heavy atom. The third-order valence-corrected chi connectivity index (χ3v) is 3.91. The molecule has 0 aliphatic rings. The van der Waals surface area contributed by atoms with E-state index in [-0.39, 0.29) is 5.75 Å². The number of rotatable bonds is 6. The molecule has 18 heavy (non-hydrogen) atoms. The Balaban J connectivity index is 2.62. The molecule has 1 N–H and O–H groups in total. The van der Waals surface area contributed by atoms with Gasteiger partial charge in [0.15, 0.2) is 9.84 Å². The second-order valence-corrected chi connectivity index (χ2v) is 6.51. The summed E-state index contributed by atoms with van der Waals surface area (Å²) in [6.07, 6.45) is 0.778. The molecule has 4 nitrogen and oxygen atoms in total. The quantitative estimate of drug-likeness (QED) is 0.868. The van der Waals surface area contributed by atoms with E-state index in [9.17, 15) is 13.2 Å². The summed E-state index contributed by atoms with van der Waals surface area (Å²) >= 11 is 5.77. The van der Waals surface area contributed by atoms with Crippen molar-refractivity contribution in [3.05, 3.63) is 34.9 Å². The third-order valence-electron chi connectivity index (χ3n) is 2.20. The van der Waals surface area contributed by atoms with E-state index in [1.54, 1.807) is 24.3 Å². The number of amides is 1. The van der Waals surface area contributed by atoms with Crippen molar-refractivity contribution in [2.45, 2.75) is 19.1 Å². The molecule has 1 aromatic carbocycles. The summed E-state index contributed by atoms with van der Waals surface area (Å²) in [6.45, 7) is 2.40. The van der Waals surface area contributed by atoms with Gasteiger partial charge in [0.05, 0.1) is 5.75 Å². The van der Waals surface area contributed by atoms with Crippen LogP contribution < -0.4 is 5.32 Å².